The smallest absolute Gasteiger partial charge is 0.124 e. The quantitative estimate of drug-likeness (QED) is 0.801. The van der Waals surface area contributed by atoms with Crippen molar-refractivity contribution in [1.82, 2.24) is 9.97 Å². The molecule has 0 aliphatic rings. The van der Waals surface area contributed by atoms with Crippen LogP contribution in [0.15, 0.2) is 34.9 Å². The van der Waals surface area contributed by atoms with Crippen molar-refractivity contribution in [1.29, 1.82) is 0 Å². The van der Waals surface area contributed by atoms with E-state index in [0.717, 1.165) is 16.0 Å². The van der Waals surface area contributed by atoms with Gasteiger partial charge in [-0.1, -0.05) is 6.07 Å². The molecule has 13 heavy (non-hydrogen) atoms. The molecule has 0 radical (unpaired) electrons. The third-order valence-electron chi connectivity index (χ3n) is 1.70. The number of nitrogens with one attached hydrogen (secondary N) is 1. The van der Waals surface area contributed by atoms with E-state index in [1.807, 2.05) is 24.3 Å². The molecule has 0 aliphatic carbocycles. The normalized spacial score (nSPS) is 10.2. The van der Waals surface area contributed by atoms with Crippen molar-refractivity contribution in [2.24, 2.45) is 0 Å². The minimum absolute atomic E-state index is 0.531. The van der Waals surface area contributed by atoms with Crippen LogP contribution < -0.4 is 5.73 Å². The maximum absolute atomic E-state index is 5.57. The van der Waals surface area contributed by atoms with Crippen LogP contribution in [0.1, 0.15) is 0 Å². The summed E-state index contributed by atoms with van der Waals surface area (Å²) in [5, 5.41) is 0. The second-order valence-electron chi connectivity index (χ2n) is 2.67. The summed E-state index contributed by atoms with van der Waals surface area (Å²) >= 11 is 3.33. The van der Waals surface area contributed by atoms with E-state index >= 15 is 0 Å². The molecule has 0 fully saturated rings. The molecule has 2 heterocycles. The van der Waals surface area contributed by atoms with Crippen molar-refractivity contribution in [3.63, 3.8) is 0 Å². The van der Waals surface area contributed by atoms with Crippen LogP contribution >= 0.6 is 15.9 Å². The zero-order valence-electron chi connectivity index (χ0n) is 6.79. The summed E-state index contributed by atoms with van der Waals surface area (Å²) < 4.78 is 0.937. The molecule has 0 atom stereocenters. The van der Waals surface area contributed by atoms with Crippen molar-refractivity contribution in [2.45, 2.75) is 0 Å². The summed E-state index contributed by atoms with van der Waals surface area (Å²) in [6.45, 7) is 0. The number of nitrogen functional groups attached to an aromatic ring is 1. The van der Waals surface area contributed by atoms with Gasteiger partial charge >= 0.3 is 0 Å². The van der Waals surface area contributed by atoms with Crippen LogP contribution in [-0.2, 0) is 0 Å². The molecule has 0 spiro atoms. The topological polar surface area (TPSA) is 54.7 Å². The SMILES string of the molecule is Nc1cccc(-c2ccc(Br)[nH]2)n1. The molecule has 4 heteroatoms. The van der Waals surface area contributed by atoms with E-state index in [1.54, 1.807) is 6.07 Å². The highest BCUT2D eigenvalue weighted by molar-refractivity contribution is 9.10. The van der Waals surface area contributed by atoms with Gasteiger partial charge in [0.1, 0.15) is 5.82 Å². The first-order valence-electron chi connectivity index (χ1n) is 3.83. The van der Waals surface area contributed by atoms with Crippen LogP contribution in [0.4, 0.5) is 5.82 Å². The summed E-state index contributed by atoms with van der Waals surface area (Å²) in [5.74, 6) is 0.531. The minimum atomic E-state index is 0.531. The predicted octanol–water partition coefficient (Wildman–Crippen LogP) is 2.42. The van der Waals surface area contributed by atoms with Crippen molar-refractivity contribution in [3.8, 4) is 11.4 Å². The van der Waals surface area contributed by atoms with Crippen LogP contribution in [0, 0.1) is 0 Å². The first kappa shape index (κ1) is 8.31. The highest BCUT2D eigenvalue weighted by atomic mass is 79.9. The van der Waals surface area contributed by atoms with E-state index in [1.165, 1.54) is 0 Å². The molecule has 66 valence electrons. The number of rotatable bonds is 1. The molecule has 0 amide bonds. The van der Waals surface area contributed by atoms with Crippen LogP contribution in [0.5, 0.6) is 0 Å². The summed E-state index contributed by atoms with van der Waals surface area (Å²) in [4.78, 5) is 7.30. The molecule has 0 unspecified atom stereocenters. The number of pyridine rings is 1. The van der Waals surface area contributed by atoms with E-state index in [0.29, 0.717) is 5.82 Å². The van der Waals surface area contributed by atoms with E-state index in [2.05, 4.69) is 25.9 Å². The summed E-state index contributed by atoms with van der Waals surface area (Å²) in [7, 11) is 0. The number of H-pyrrole nitrogens is 1. The fourth-order valence-electron chi connectivity index (χ4n) is 1.12. The van der Waals surface area contributed by atoms with Gasteiger partial charge in [-0.05, 0) is 40.2 Å². The Balaban J connectivity index is 2.46. The highest BCUT2D eigenvalue weighted by Gasteiger charge is 2.00. The van der Waals surface area contributed by atoms with Crippen LogP contribution in [0.3, 0.4) is 0 Å². The molecule has 0 aromatic carbocycles. The van der Waals surface area contributed by atoms with Gasteiger partial charge in [-0.3, -0.25) is 0 Å². The summed E-state index contributed by atoms with van der Waals surface area (Å²) in [6.07, 6.45) is 0. The van der Waals surface area contributed by atoms with Gasteiger partial charge < -0.3 is 10.7 Å². The number of nitrogens with two attached hydrogens (primary N) is 1. The van der Waals surface area contributed by atoms with Crippen molar-refractivity contribution < 1.29 is 0 Å². The lowest BCUT2D eigenvalue weighted by Crippen LogP contribution is -1.91. The number of aromatic amines is 1. The van der Waals surface area contributed by atoms with Gasteiger partial charge in [-0.15, -0.1) is 0 Å². The van der Waals surface area contributed by atoms with E-state index in [4.69, 9.17) is 5.73 Å². The van der Waals surface area contributed by atoms with Gasteiger partial charge in [-0.2, -0.15) is 0 Å². The van der Waals surface area contributed by atoms with E-state index < -0.39 is 0 Å². The maximum Gasteiger partial charge on any atom is 0.124 e. The molecular weight excluding hydrogens is 230 g/mol. The van der Waals surface area contributed by atoms with Gasteiger partial charge in [0.15, 0.2) is 0 Å². The second-order valence-corrected chi connectivity index (χ2v) is 3.52. The second kappa shape index (κ2) is 3.22. The van der Waals surface area contributed by atoms with Gasteiger partial charge in [0.25, 0.3) is 0 Å². The Labute approximate surface area is 84.1 Å². The molecule has 2 aromatic heterocycles. The molecule has 2 aromatic rings. The third-order valence-corrected chi connectivity index (χ3v) is 2.16. The van der Waals surface area contributed by atoms with Crippen LogP contribution in [0.2, 0.25) is 0 Å². The number of hydrogen-bond donors (Lipinski definition) is 2. The average molecular weight is 238 g/mol. The monoisotopic (exact) mass is 237 g/mol. The van der Waals surface area contributed by atoms with Crippen LogP contribution in [-0.4, -0.2) is 9.97 Å². The van der Waals surface area contributed by atoms with Crippen molar-refractivity contribution in [2.75, 3.05) is 5.73 Å². The van der Waals surface area contributed by atoms with Gasteiger partial charge in [0.05, 0.1) is 16.0 Å². The Morgan fingerprint density at radius 3 is 2.69 bits per heavy atom. The standard InChI is InChI=1S/C9H8BrN3/c10-8-5-4-7(12-8)6-2-1-3-9(11)13-6/h1-5,12H,(H2,11,13). The Morgan fingerprint density at radius 2 is 2.08 bits per heavy atom. The zero-order valence-corrected chi connectivity index (χ0v) is 8.38. The molecular formula is C9H8BrN3. The largest absolute Gasteiger partial charge is 0.384 e. The van der Waals surface area contributed by atoms with Crippen molar-refractivity contribution in [3.05, 3.63) is 34.9 Å². The Kier molecular flexibility index (Phi) is 2.06. The van der Waals surface area contributed by atoms with Gasteiger partial charge in [-0.25, -0.2) is 4.98 Å². The Hall–Kier alpha value is -1.29. The zero-order chi connectivity index (χ0) is 9.26. The number of halogens is 1. The fourth-order valence-corrected chi connectivity index (χ4v) is 1.47. The molecule has 2 rings (SSSR count). The van der Waals surface area contributed by atoms with E-state index in [9.17, 15) is 0 Å². The Bertz CT molecular complexity index is 422. The number of nitrogens with zero attached hydrogens (tertiary/aromatic N) is 1. The predicted molar refractivity (Wildman–Crippen MR) is 56.1 cm³/mol. The fraction of sp³-hybridized carbons (Fsp3) is 0. The Morgan fingerprint density at radius 1 is 1.23 bits per heavy atom. The van der Waals surface area contributed by atoms with Crippen LogP contribution in [0.25, 0.3) is 11.4 Å². The lowest BCUT2D eigenvalue weighted by molar-refractivity contribution is 1.27. The van der Waals surface area contributed by atoms with E-state index in [-0.39, 0.29) is 0 Å². The molecule has 0 saturated carbocycles. The molecule has 0 saturated heterocycles. The summed E-state index contributed by atoms with van der Waals surface area (Å²) in [6, 6.07) is 9.44. The first-order chi connectivity index (χ1) is 6.25. The summed E-state index contributed by atoms with van der Waals surface area (Å²) in [5.41, 5.74) is 7.38. The first-order valence-corrected chi connectivity index (χ1v) is 4.62. The number of aromatic nitrogens is 2. The molecule has 0 aliphatic heterocycles. The lowest BCUT2D eigenvalue weighted by atomic mass is 10.3. The number of hydrogen-bond acceptors (Lipinski definition) is 2. The lowest BCUT2D eigenvalue weighted by Gasteiger charge is -1.97. The van der Waals surface area contributed by atoms with Gasteiger partial charge in [0.2, 0.25) is 0 Å². The minimum Gasteiger partial charge on any atom is -0.384 e. The van der Waals surface area contributed by atoms with Gasteiger partial charge in [0, 0.05) is 0 Å². The number of anilines is 1. The average Bonchev–Trinajstić information content (AvgIpc) is 2.52. The van der Waals surface area contributed by atoms with Crippen molar-refractivity contribution >= 4 is 21.7 Å². The molecule has 3 nitrogen and oxygen atoms in total. The molecule has 3 N–H and O–H groups in total. The highest BCUT2D eigenvalue weighted by Crippen LogP contribution is 2.19. The molecule has 0 bridgehead atoms. The third kappa shape index (κ3) is 1.72. The maximum atomic E-state index is 5.57.